The van der Waals surface area contributed by atoms with Crippen molar-refractivity contribution in [2.45, 2.75) is 23.7 Å². The SMILES string of the molecule is COc1cc2c(cc1OC)C1(O)c3cc(OC)c(OC)cc3C3(O)c4cc(OC)c(OC)cc4C2(O)C13C. The molecule has 9 nitrogen and oxygen atoms in total. The zero-order valence-corrected chi connectivity index (χ0v) is 22.3. The van der Waals surface area contributed by atoms with E-state index >= 15 is 0 Å². The van der Waals surface area contributed by atoms with E-state index in [0.717, 1.165) is 0 Å². The van der Waals surface area contributed by atoms with Crippen LogP contribution in [0.1, 0.15) is 40.3 Å². The first-order valence-electron chi connectivity index (χ1n) is 12.1. The third-order valence-corrected chi connectivity index (χ3v) is 9.08. The third-order valence-electron chi connectivity index (χ3n) is 9.08. The van der Waals surface area contributed by atoms with Gasteiger partial charge in [-0.05, 0) is 76.7 Å². The molecular weight excluding hydrogens is 492 g/mol. The van der Waals surface area contributed by atoms with Crippen LogP contribution in [0.3, 0.4) is 0 Å². The summed E-state index contributed by atoms with van der Waals surface area (Å²) in [6, 6.07) is 9.93. The van der Waals surface area contributed by atoms with Gasteiger partial charge in [-0.1, -0.05) is 0 Å². The Balaban J connectivity index is 1.86. The molecule has 3 aliphatic rings. The second kappa shape index (κ2) is 7.47. The molecule has 3 N–H and O–H groups in total. The van der Waals surface area contributed by atoms with Crippen LogP contribution < -0.4 is 28.4 Å². The fourth-order valence-corrected chi connectivity index (χ4v) is 7.27. The predicted molar refractivity (Wildman–Crippen MR) is 136 cm³/mol. The van der Waals surface area contributed by atoms with Gasteiger partial charge in [0.1, 0.15) is 16.8 Å². The molecule has 3 aromatic rings. The lowest BCUT2D eigenvalue weighted by Crippen LogP contribution is -2.54. The van der Waals surface area contributed by atoms with Crippen molar-refractivity contribution in [3.63, 3.8) is 0 Å². The summed E-state index contributed by atoms with van der Waals surface area (Å²) in [4.78, 5) is 0. The maximum Gasteiger partial charge on any atom is 0.161 e. The van der Waals surface area contributed by atoms with Crippen LogP contribution in [0.2, 0.25) is 0 Å². The summed E-state index contributed by atoms with van der Waals surface area (Å²) in [5.41, 5.74) is -5.04. The van der Waals surface area contributed by atoms with Crippen molar-refractivity contribution in [2.75, 3.05) is 42.7 Å². The molecule has 0 radical (unpaired) electrons. The first-order valence-corrected chi connectivity index (χ1v) is 12.1. The number of hydrogen-bond donors (Lipinski definition) is 3. The van der Waals surface area contributed by atoms with E-state index in [1.165, 1.54) is 42.7 Å². The highest BCUT2D eigenvalue weighted by Crippen LogP contribution is 2.81. The Bertz CT molecular complexity index is 1240. The van der Waals surface area contributed by atoms with Gasteiger partial charge in [0.25, 0.3) is 0 Å². The zero-order chi connectivity index (χ0) is 27.4. The molecule has 0 saturated heterocycles. The van der Waals surface area contributed by atoms with E-state index in [1.54, 1.807) is 43.3 Å². The molecule has 0 atom stereocenters. The van der Waals surface area contributed by atoms with E-state index in [1.807, 2.05) is 0 Å². The average Bonchev–Trinajstić information content (AvgIpc) is 3.29. The van der Waals surface area contributed by atoms with Crippen molar-refractivity contribution in [2.24, 2.45) is 5.41 Å². The summed E-state index contributed by atoms with van der Waals surface area (Å²) in [6.45, 7) is 1.68. The molecule has 0 unspecified atom stereocenters. The standard InChI is InChI=1S/C29H30O9/c1-26-27(30)14-8-20(33-2)21(34-3)9-15(14)28(26,31)18-12-24(37-6)25(38-7)13-19(18)29(26,32)17-11-23(36-5)22(35-4)10-16(17)27/h8-13,30-32H,1-7H3. The van der Waals surface area contributed by atoms with Crippen LogP contribution in [0.25, 0.3) is 0 Å². The molecule has 200 valence electrons. The number of rotatable bonds is 6. The molecule has 0 bridgehead atoms. The van der Waals surface area contributed by atoms with Crippen molar-refractivity contribution in [1.29, 1.82) is 0 Å². The first kappa shape index (κ1) is 24.7. The fraction of sp³-hybridized carbons (Fsp3) is 0.379. The van der Waals surface area contributed by atoms with Gasteiger partial charge in [-0.2, -0.15) is 0 Å². The number of benzene rings is 3. The van der Waals surface area contributed by atoms with Gasteiger partial charge in [0, 0.05) is 0 Å². The maximum atomic E-state index is 12.9. The van der Waals surface area contributed by atoms with Gasteiger partial charge in [0.2, 0.25) is 0 Å². The largest absolute Gasteiger partial charge is 0.493 e. The molecule has 0 amide bonds. The van der Waals surface area contributed by atoms with E-state index in [2.05, 4.69) is 0 Å². The van der Waals surface area contributed by atoms with Crippen molar-refractivity contribution >= 4 is 0 Å². The molecule has 0 fully saturated rings. The van der Waals surface area contributed by atoms with E-state index in [9.17, 15) is 15.3 Å². The Morgan fingerprint density at radius 1 is 0.395 bits per heavy atom. The second-order valence-corrected chi connectivity index (χ2v) is 10.0. The Morgan fingerprint density at radius 2 is 0.553 bits per heavy atom. The molecule has 3 aromatic carbocycles. The summed E-state index contributed by atoms with van der Waals surface area (Å²) in [5, 5.41) is 38.8. The van der Waals surface area contributed by atoms with Crippen LogP contribution in [0, 0.1) is 5.41 Å². The monoisotopic (exact) mass is 522 g/mol. The molecule has 9 heteroatoms. The number of methoxy groups -OCH3 is 6. The molecule has 0 saturated carbocycles. The number of aliphatic hydroxyl groups is 3. The third kappa shape index (κ3) is 2.23. The van der Waals surface area contributed by atoms with E-state index in [4.69, 9.17) is 28.4 Å². The molecule has 0 heterocycles. The molecule has 0 aliphatic heterocycles. The highest BCUT2D eigenvalue weighted by molar-refractivity contribution is 5.77. The van der Waals surface area contributed by atoms with Gasteiger partial charge in [0.15, 0.2) is 34.5 Å². The minimum atomic E-state index is -1.89. The van der Waals surface area contributed by atoms with Gasteiger partial charge < -0.3 is 43.7 Å². The Hall–Kier alpha value is -3.66. The average molecular weight is 523 g/mol. The second-order valence-electron chi connectivity index (χ2n) is 10.0. The van der Waals surface area contributed by atoms with Crippen LogP contribution in [0.15, 0.2) is 36.4 Å². The molecular formula is C29H30O9. The highest BCUT2D eigenvalue weighted by atomic mass is 16.5. The van der Waals surface area contributed by atoms with Crippen LogP contribution in [-0.2, 0) is 16.8 Å². The Kier molecular flexibility index (Phi) is 4.85. The fourth-order valence-electron chi connectivity index (χ4n) is 7.27. The van der Waals surface area contributed by atoms with Gasteiger partial charge in [-0.25, -0.2) is 0 Å². The lowest BCUT2D eigenvalue weighted by Gasteiger charge is -2.45. The summed E-state index contributed by atoms with van der Waals surface area (Å²) in [7, 11) is 9.00. The van der Waals surface area contributed by atoms with Gasteiger partial charge in [-0.15, -0.1) is 0 Å². The summed E-state index contributed by atoms with van der Waals surface area (Å²) < 4.78 is 33.4. The Morgan fingerprint density at radius 3 is 0.684 bits per heavy atom. The Labute approximate surface area is 220 Å². The normalized spacial score (nSPS) is 29.2. The van der Waals surface area contributed by atoms with Crippen molar-refractivity contribution < 1.29 is 43.7 Å². The summed E-state index contributed by atoms with van der Waals surface area (Å²) >= 11 is 0. The molecule has 0 spiro atoms. The molecule has 3 aliphatic carbocycles. The van der Waals surface area contributed by atoms with Crippen LogP contribution >= 0.6 is 0 Å². The summed E-state index contributed by atoms with van der Waals surface area (Å²) in [5.74, 6) is 2.23. The minimum absolute atomic E-state index is 0.372. The van der Waals surface area contributed by atoms with E-state index in [0.29, 0.717) is 67.9 Å². The predicted octanol–water partition coefficient (Wildman–Crippen LogP) is 2.79. The topological polar surface area (TPSA) is 116 Å². The van der Waals surface area contributed by atoms with Crippen LogP contribution in [-0.4, -0.2) is 58.0 Å². The van der Waals surface area contributed by atoms with Crippen LogP contribution in [0.5, 0.6) is 34.5 Å². The van der Waals surface area contributed by atoms with Gasteiger partial charge in [0.05, 0.1) is 48.1 Å². The lowest BCUT2D eigenvalue weighted by atomic mass is 9.63. The van der Waals surface area contributed by atoms with Gasteiger partial charge in [-0.3, -0.25) is 0 Å². The molecule has 6 rings (SSSR count). The summed E-state index contributed by atoms with van der Waals surface area (Å²) in [6.07, 6.45) is 0. The maximum absolute atomic E-state index is 12.9. The smallest absolute Gasteiger partial charge is 0.161 e. The molecule has 38 heavy (non-hydrogen) atoms. The number of ether oxygens (including phenoxy) is 6. The highest BCUT2D eigenvalue weighted by Gasteiger charge is 2.85. The number of fused-ring (bicyclic) bond motifs is 9. The van der Waals surface area contributed by atoms with E-state index < -0.39 is 22.2 Å². The number of hydrogen-bond acceptors (Lipinski definition) is 9. The van der Waals surface area contributed by atoms with Crippen molar-refractivity contribution in [3.05, 3.63) is 69.8 Å². The quantitative estimate of drug-likeness (QED) is 0.449. The lowest BCUT2D eigenvalue weighted by molar-refractivity contribution is -0.194. The first-order chi connectivity index (χ1) is 18.1. The van der Waals surface area contributed by atoms with E-state index in [-0.39, 0.29) is 0 Å². The van der Waals surface area contributed by atoms with Crippen molar-refractivity contribution in [3.8, 4) is 34.5 Å². The van der Waals surface area contributed by atoms with Crippen molar-refractivity contribution in [1.82, 2.24) is 0 Å². The zero-order valence-electron chi connectivity index (χ0n) is 22.3. The minimum Gasteiger partial charge on any atom is -0.493 e. The van der Waals surface area contributed by atoms with Crippen LogP contribution in [0.4, 0.5) is 0 Å². The van der Waals surface area contributed by atoms with Gasteiger partial charge >= 0.3 is 0 Å². The molecule has 0 aromatic heterocycles.